The highest BCUT2D eigenvalue weighted by atomic mass is 79.9. The second-order valence-corrected chi connectivity index (χ2v) is 5.67. The summed E-state index contributed by atoms with van der Waals surface area (Å²) in [5.74, 6) is 0. The average Bonchev–Trinajstić information content (AvgIpc) is 2.53. The Labute approximate surface area is 138 Å². The molecule has 0 atom stereocenters. The molecule has 3 aromatic heterocycles. The van der Waals surface area contributed by atoms with Gasteiger partial charge in [0.15, 0.2) is 0 Å². The Balaban J connectivity index is 1.95. The predicted octanol–water partition coefficient (Wildman–Crippen LogP) is 2.18. The van der Waals surface area contributed by atoms with E-state index >= 15 is 0 Å². The number of aryl methyl sites for hydroxylation is 1. The number of rotatable bonds is 4. The van der Waals surface area contributed by atoms with Crippen LogP contribution in [0.25, 0.3) is 11.1 Å². The molecule has 0 radical (unpaired) electrons. The van der Waals surface area contributed by atoms with Crippen molar-refractivity contribution in [3.05, 3.63) is 60.9 Å². The van der Waals surface area contributed by atoms with Crippen LogP contribution in [0.4, 0.5) is 0 Å². The summed E-state index contributed by atoms with van der Waals surface area (Å²) in [6.07, 6.45) is 2.16. The Morgan fingerprint density at radius 3 is 2.87 bits per heavy atom. The van der Waals surface area contributed by atoms with Crippen molar-refractivity contribution in [2.45, 2.75) is 20.0 Å². The minimum Gasteiger partial charge on any atom is -0.458 e. The van der Waals surface area contributed by atoms with Crippen LogP contribution in [0.1, 0.15) is 18.2 Å². The zero-order valence-electron chi connectivity index (χ0n) is 12.1. The molecule has 3 aromatic rings. The smallest absolute Gasteiger partial charge is 0.337 e. The molecule has 0 spiro atoms. The van der Waals surface area contributed by atoms with Gasteiger partial charge < -0.3 is 9.15 Å². The summed E-state index contributed by atoms with van der Waals surface area (Å²) in [4.78, 5) is 34.5. The van der Waals surface area contributed by atoms with Crippen LogP contribution in [0.2, 0.25) is 0 Å². The number of pyridine rings is 1. The molecule has 3 heterocycles. The van der Waals surface area contributed by atoms with E-state index in [0.29, 0.717) is 17.7 Å². The van der Waals surface area contributed by atoms with Crippen LogP contribution in [-0.4, -0.2) is 15.0 Å². The molecule has 0 aliphatic carbocycles. The predicted molar refractivity (Wildman–Crippen MR) is 86.5 cm³/mol. The maximum absolute atomic E-state index is 12.2. The molecule has 0 saturated carbocycles. The normalized spacial score (nSPS) is 10.9. The van der Waals surface area contributed by atoms with Crippen LogP contribution in [0, 0.1) is 0 Å². The number of hydrogen-bond acceptors (Lipinski definition) is 6. The Kier molecular flexibility index (Phi) is 4.24. The van der Waals surface area contributed by atoms with Gasteiger partial charge in [-0.25, -0.2) is 4.79 Å². The zero-order valence-corrected chi connectivity index (χ0v) is 13.7. The fraction of sp³-hybridized carbons (Fsp3) is 0.200. The van der Waals surface area contributed by atoms with Gasteiger partial charge in [-0.15, -0.1) is 0 Å². The first-order chi connectivity index (χ1) is 11.1. The molecule has 0 bridgehead atoms. The summed E-state index contributed by atoms with van der Waals surface area (Å²) >= 11 is 3.29. The van der Waals surface area contributed by atoms with Crippen molar-refractivity contribution in [1.29, 1.82) is 0 Å². The van der Waals surface area contributed by atoms with Crippen molar-refractivity contribution >= 4 is 27.0 Å². The topological polar surface area (TPSA) is 98.1 Å². The van der Waals surface area contributed by atoms with E-state index in [-0.39, 0.29) is 23.7 Å². The number of nitrogens with one attached hydrogen (secondary N) is 1. The third kappa shape index (κ3) is 3.31. The SMILES string of the molecule is CCc1cc(=O)oc2nc(OCc3ccc(Br)cn3)[nH]c(=O)c12. The van der Waals surface area contributed by atoms with E-state index < -0.39 is 11.2 Å². The minimum absolute atomic E-state index is 0.0244. The van der Waals surface area contributed by atoms with Crippen molar-refractivity contribution in [3.8, 4) is 6.01 Å². The van der Waals surface area contributed by atoms with Crippen molar-refractivity contribution in [2.75, 3.05) is 0 Å². The van der Waals surface area contributed by atoms with Gasteiger partial charge in [0.05, 0.1) is 5.69 Å². The molecular weight excluding hydrogens is 366 g/mol. The molecule has 0 aliphatic heterocycles. The number of hydrogen-bond donors (Lipinski definition) is 1. The van der Waals surface area contributed by atoms with Gasteiger partial charge in [-0.1, -0.05) is 6.92 Å². The van der Waals surface area contributed by atoms with E-state index in [9.17, 15) is 9.59 Å². The van der Waals surface area contributed by atoms with Crippen LogP contribution in [0.15, 0.2) is 42.9 Å². The second-order valence-electron chi connectivity index (χ2n) is 4.75. The van der Waals surface area contributed by atoms with Gasteiger partial charge in [0.25, 0.3) is 11.6 Å². The van der Waals surface area contributed by atoms with Crippen molar-refractivity contribution in [1.82, 2.24) is 15.0 Å². The first-order valence-corrected chi connectivity index (χ1v) is 7.66. The molecule has 118 valence electrons. The summed E-state index contributed by atoms with van der Waals surface area (Å²) in [6.45, 7) is 1.97. The van der Waals surface area contributed by atoms with Gasteiger partial charge in [0.1, 0.15) is 12.0 Å². The lowest BCUT2D eigenvalue weighted by molar-refractivity contribution is 0.275. The highest BCUT2D eigenvalue weighted by Crippen LogP contribution is 2.14. The van der Waals surface area contributed by atoms with Crippen LogP contribution in [-0.2, 0) is 13.0 Å². The monoisotopic (exact) mass is 377 g/mol. The lowest BCUT2D eigenvalue weighted by atomic mass is 10.1. The molecule has 0 aromatic carbocycles. The number of aromatic nitrogens is 3. The van der Waals surface area contributed by atoms with Gasteiger partial charge in [0.2, 0.25) is 5.71 Å². The maximum atomic E-state index is 12.2. The van der Waals surface area contributed by atoms with Crippen molar-refractivity contribution in [3.63, 3.8) is 0 Å². The maximum Gasteiger partial charge on any atom is 0.337 e. The number of nitrogens with zero attached hydrogens (tertiary/aromatic N) is 2. The first-order valence-electron chi connectivity index (χ1n) is 6.87. The Morgan fingerprint density at radius 1 is 1.35 bits per heavy atom. The van der Waals surface area contributed by atoms with Gasteiger partial charge >= 0.3 is 5.63 Å². The number of aromatic amines is 1. The fourth-order valence-corrected chi connectivity index (χ4v) is 2.34. The molecule has 23 heavy (non-hydrogen) atoms. The van der Waals surface area contributed by atoms with Crippen LogP contribution in [0.5, 0.6) is 6.01 Å². The molecular formula is C15H12BrN3O4. The highest BCUT2D eigenvalue weighted by Gasteiger charge is 2.12. The molecule has 8 heteroatoms. The average molecular weight is 378 g/mol. The van der Waals surface area contributed by atoms with E-state index in [2.05, 4.69) is 30.9 Å². The Hall–Kier alpha value is -2.48. The number of H-pyrrole nitrogens is 1. The minimum atomic E-state index is -0.548. The third-order valence-corrected chi connectivity index (χ3v) is 3.67. The van der Waals surface area contributed by atoms with Crippen LogP contribution >= 0.6 is 15.9 Å². The number of fused-ring (bicyclic) bond motifs is 1. The second kappa shape index (κ2) is 6.33. The Bertz CT molecular complexity index is 963. The zero-order chi connectivity index (χ0) is 16.4. The van der Waals surface area contributed by atoms with Crippen molar-refractivity contribution < 1.29 is 9.15 Å². The number of halogens is 1. The highest BCUT2D eigenvalue weighted by molar-refractivity contribution is 9.10. The molecule has 0 unspecified atom stereocenters. The van der Waals surface area contributed by atoms with Crippen LogP contribution in [0.3, 0.4) is 0 Å². The quantitative estimate of drug-likeness (QED) is 0.747. The first kappa shape index (κ1) is 15.4. The van der Waals surface area contributed by atoms with Gasteiger partial charge in [-0.05, 0) is 40.0 Å². The molecule has 1 N–H and O–H groups in total. The lowest BCUT2D eigenvalue weighted by Gasteiger charge is -2.06. The van der Waals surface area contributed by atoms with E-state index in [1.54, 1.807) is 12.3 Å². The van der Waals surface area contributed by atoms with Crippen LogP contribution < -0.4 is 15.9 Å². The van der Waals surface area contributed by atoms with Gasteiger partial charge in [-0.3, -0.25) is 14.8 Å². The van der Waals surface area contributed by atoms with E-state index in [0.717, 1.165) is 4.47 Å². The van der Waals surface area contributed by atoms with Crippen molar-refractivity contribution in [2.24, 2.45) is 0 Å². The van der Waals surface area contributed by atoms with Gasteiger partial charge in [0, 0.05) is 16.7 Å². The lowest BCUT2D eigenvalue weighted by Crippen LogP contribution is -2.15. The number of ether oxygens (including phenoxy) is 1. The summed E-state index contributed by atoms with van der Waals surface area (Å²) in [7, 11) is 0. The molecule has 7 nitrogen and oxygen atoms in total. The van der Waals surface area contributed by atoms with E-state index in [1.165, 1.54) is 6.07 Å². The van der Waals surface area contributed by atoms with Gasteiger partial charge in [-0.2, -0.15) is 4.98 Å². The Morgan fingerprint density at radius 2 is 2.17 bits per heavy atom. The largest absolute Gasteiger partial charge is 0.458 e. The molecule has 0 saturated heterocycles. The third-order valence-electron chi connectivity index (χ3n) is 3.20. The summed E-state index contributed by atoms with van der Waals surface area (Å²) < 4.78 is 11.3. The standard InChI is InChI=1S/C15H12BrN3O4/c1-2-8-5-11(20)23-14-12(8)13(21)18-15(19-14)22-7-10-4-3-9(16)6-17-10/h3-6H,2,7H2,1H3,(H,18,19,21). The summed E-state index contributed by atoms with van der Waals surface area (Å²) in [5.41, 5.74) is 0.269. The molecule has 0 amide bonds. The van der Waals surface area contributed by atoms with E-state index in [1.807, 2.05) is 13.0 Å². The summed E-state index contributed by atoms with van der Waals surface area (Å²) in [6, 6.07) is 4.88. The molecule has 0 aliphatic rings. The summed E-state index contributed by atoms with van der Waals surface area (Å²) in [5, 5.41) is 0.265. The molecule has 3 rings (SSSR count). The molecule has 0 fully saturated rings. The fourth-order valence-electron chi connectivity index (χ4n) is 2.11. The van der Waals surface area contributed by atoms with E-state index in [4.69, 9.17) is 9.15 Å².